The van der Waals surface area contributed by atoms with Crippen molar-refractivity contribution in [1.29, 1.82) is 0 Å². The minimum Gasteiger partial charge on any atom is -0.490 e. The quantitative estimate of drug-likeness (QED) is 0.526. The summed E-state index contributed by atoms with van der Waals surface area (Å²) in [6, 6.07) is 7.21. The molecule has 0 aliphatic heterocycles. The fraction of sp³-hybridized carbons (Fsp3) is 0.500. The Labute approximate surface area is 108 Å². The molecule has 0 aromatic heterocycles. The van der Waals surface area contributed by atoms with Crippen LogP contribution in [0.2, 0.25) is 0 Å². The van der Waals surface area contributed by atoms with Gasteiger partial charge in [0.05, 0.1) is 24.9 Å². The first kappa shape index (κ1) is 14.7. The molecule has 4 heteroatoms. The van der Waals surface area contributed by atoms with E-state index in [4.69, 9.17) is 14.2 Å². The molecule has 0 aliphatic rings. The lowest BCUT2D eigenvalue weighted by atomic mass is 10.1. The molecular formula is C14H20O4. The summed E-state index contributed by atoms with van der Waals surface area (Å²) in [5, 5.41) is 0. The Morgan fingerprint density at radius 3 is 2.61 bits per heavy atom. The highest BCUT2D eigenvalue weighted by atomic mass is 16.5. The van der Waals surface area contributed by atoms with Gasteiger partial charge in [-0.3, -0.25) is 4.79 Å². The van der Waals surface area contributed by atoms with Crippen molar-refractivity contribution in [2.24, 2.45) is 0 Å². The third-order valence-electron chi connectivity index (χ3n) is 2.22. The van der Waals surface area contributed by atoms with Crippen LogP contribution in [0.25, 0.3) is 0 Å². The summed E-state index contributed by atoms with van der Waals surface area (Å²) in [7, 11) is 1.59. The predicted molar refractivity (Wildman–Crippen MR) is 69.2 cm³/mol. The van der Waals surface area contributed by atoms with Gasteiger partial charge < -0.3 is 14.2 Å². The molecule has 0 saturated carbocycles. The molecule has 0 heterocycles. The van der Waals surface area contributed by atoms with Gasteiger partial charge in [0.1, 0.15) is 12.4 Å². The summed E-state index contributed by atoms with van der Waals surface area (Å²) < 4.78 is 15.7. The number of hydrogen-bond donors (Lipinski definition) is 0. The molecule has 0 atom stereocenters. The SMILES string of the molecule is COCCOCC(=O)c1ccccc1OC(C)C. The lowest BCUT2D eigenvalue weighted by Gasteiger charge is -2.13. The van der Waals surface area contributed by atoms with Crippen LogP contribution in [0.15, 0.2) is 24.3 Å². The maximum Gasteiger partial charge on any atom is 0.192 e. The lowest BCUT2D eigenvalue weighted by molar-refractivity contribution is 0.0573. The van der Waals surface area contributed by atoms with Crippen molar-refractivity contribution in [2.75, 3.05) is 26.9 Å². The second-order valence-corrected chi connectivity index (χ2v) is 4.13. The van der Waals surface area contributed by atoms with Crippen LogP contribution >= 0.6 is 0 Å². The number of ether oxygens (including phenoxy) is 3. The summed E-state index contributed by atoms with van der Waals surface area (Å²) in [4.78, 5) is 12.0. The van der Waals surface area contributed by atoms with Crippen LogP contribution in [0.4, 0.5) is 0 Å². The molecule has 0 N–H and O–H groups in total. The molecule has 0 radical (unpaired) electrons. The molecule has 0 amide bonds. The predicted octanol–water partition coefficient (Wildman–Crippen LogP) is 2.32. The van der Waals surface area contributed by atoms with Gasteiger partial charge in [0.15, 0.2) is 5.78 Å². The number of ketones is 1. The molecule has 0 bridgehead atoms. The zero-order valence-corrected chi connectivity index (χ0v) is 11.1. The molecule has 0 unspecified atom stereocenters. The van der Waals surface area contributed by atoms with Gasteiger partial charge in [0.2, 0.25) is 0 Å². The van der Waals surface area contributed by atoms with Crippen LogP contribution in [0, 0.1) is 0 Å². The van der Waals surface area contributed by atoms with Gasteiger partial charge in [-0.1, -0.05) is 12.1 Å². The summed E-state index contributed by atoms with van der Waals surface area (Å²) in [6.45, 7) is 4.79. The van der Waals surface area contributed by atoms with Gasteiger partial charge >= 0.3 is 0 Å². The number of carbonyl (C=O) groups is 1. The second kappa shape index (κ2) is 7.84. The standard InChI is InChI=1S/C14H20O4/c1-11(2)18-14-7-5-4-6-12(14)13(15)10-17-9-8-16-3/h4-7,11H,8-10H2,1-3H3. The van der Waals surface area contributed by atoms with E-state index in [2.05, 4.69) is 0 Å². The number of methoxy groups -OCH3 is 1. The number of carbonyl (C=O) groups excluding carboxylic acids is 1. The van der Waals surface area contributed by atoms with Gasteiger partial charge in [0.25, 0.3) is 0 Å². The molecule has 0 spiro atoms. The van der Waals surface area contributed by atoms with Crippen LogP contribution in [0.3, 0.4) is 0 Å². The van der Waals surface area contributed by atoms with Crippen LogP contribution in [0.5, 0.6) is 5.75 Å². The van der Waals surface area contributed by atoms with Crippen molar-refractivity contribution in [1.82, 2.24) is 0 Å². The molecule has 0 saturated heterocycles. The van der Waals surface area contributed by atoms with E-state index in [-0.39, 0.29) is 18.5 Å². The average molecular weight is 252 g/mol. The largest absolute Gasteiger partial charge is 0.490 e. The minimum absolute atomic E-state index is 0.0355. The highest BCUT2D eigenvalue weighted by molar-refractivity contribution is 5.99. The molecule has 0 fully saturated rings. The van der Waals surface area contributed by atoms with Crippen molar-refractivity contribution < 1.29 is 19.0 Å². The van der Waals surface area contributed by atoms with E-state index in [0.29, 0.717) is 24.5 Å². The maximum absolute atomic E-state index is 12.0. The first-order chi connectivity index (χ1) is 8.65. The van der Waals surface area contributed by atoms with Gasteiger partial charge in [-0.15, -0.1) is 0 Å². The Bertz CT molecular complexity index is 374. The molecule has 4 nitrogen and oxygen atoms in total. The summed E-state index contributed by atoms with van der Waals surface area (Å²) in [6.07, 6.45) is 0.0355. The van der Waals surface area contributed by atoms with Crippen LogP contribution in [0.1, 0.15) is 24.2 Å². The fourth-order valence-electron chi connectivity index (χ4n) is 1.44. The third-order valence-corrected chi connectivity index (χ3v) is 2.22. The second-order valence-electron chi connectivity index (χ2n) is 4.13. The molecule has 100 valence electrons. The van der Waals surface area contributed by atoms with Crippen molar-refractivity contribution in [3.05, 3.63) is 29.8 Å². The van der Waals surface area contributed by atoms with E-state index in [0.717, 1.165) is 0 Å². The Kier molecular flexibility index (Phi) is 6.39. The van der Waals surface area contributed by atoms with Crippen LogP contribution < -0.4 is 4.74 Å². The molecule has 1 aromatic rings. The van der Waals surface area contributed by atoms with Crippen molar-refractivity contribution >= 4 is 5.78 Å². The molecule has 1 aromatic carbocycles. The average Bonchev–Trinajstić information content (AvgIpc) is 2.34. The summed E-state index contributed by atoms with van der Waals surface area (Å²) >= 11 is 0. The first-order valence-electron chi connectivity index (χ1n) is 6.00. The van der Waals surface area contributed by atoms with Crippen LogP contribution in [-0.4, -0.2) is 38.8 Å². The monoisotopic (exact) mass is 252 g/mol. The highest BCUT2D eigenvalue weighted by Gasteiger charge is 2.12. The molecule has 1 rings (SSSR count). The Morgan fingerprint density at radius 1 is 1.22 bits per heavy atom. The lowest BCUT2D eigenvalue weighted by Crippen LogP contribution is -2.15. The number of para-hydroxylation sites is 1. The topological polar surface area (TPSA) is 44.8 Å². The van der Waals surface area contributed by atoms with E-state index in [9.17, 15) is 4.79 Å². The smallest absolute Gasteiger partial charge is 0.192 e. The number of Topliss-reactive ketones (excluding diaryl/α,β-unsaturated/α-hetero) is 1. The van der Waals surface area contributed by atoms with Gasteiger partial charge in [0, 0.05) is 7.11 Å². The van der Waals surface area contributed by atoms with Crippen molar-refractivity contribution in [3.63, 3.8) is 0 Å². The summed E-state index contributed by atoms with van der Waals surface area (Å²) in [5.74, 6) is 0.523. The maximum atomic E-state index is 12.0. The zero-order valence-electron chi connectivity index (χ0n) is 11.1. The highest BCUT2D eigenvalue weighted by Crippen LogP contribution is 2.19. The Morgan fingerprint density at radius 2 is 1.94 bits per heavy atom. The van der Waals surface area contributed by atoms with Crippen LogP contribution in [-0.2, 0) is 9.47 Å². The molecule has 18 heavy (non-hydrogen) atoms. The normalized spacial score (nSPS) is 10.7. The first-order valence-corrected chi connectivity index (χ1v) is 6.00. The van der Waals surface area contributed by atoms with Gasteiger partial charge in [-0.25, -0.2) is 0 Å². The number of benzene rings is 1. The number of hydrogen-bond acceptors (Lipinski definition) is 4. The van der Waals surface area contributed by atoms with E-state index in [1.54, 1.807) is 19.2 Å². The van der Waals surface area contributed by atoms with E-state index in [1.807, 2.05) is 26.0 Å². The molecular weight excluding hydrogens is 232 g/mol. The zero-order chi connectivity index (χ0) is 13.4. The Hall–Kier alpha value is -1.39. The Balaban J connectivity index is 2.61. The van der Waals surface area contributed by atoms with Gasteiger partial charge in [-0.2, -0.15) is 0 Å². The molecule has 0 aliphatic carbocycles. The van der Waals surface area contributed by atoms with E-state index in [1.165, 1.54) is 0 Å². The van der Waals surface area contributed by atoms with E-state index >= 15 is 0 Å². The van der Waals surface area contributed by atoms with Crippen molar-refractivity contribution in [2.45, 2.75) is 20.0 Å². The summed E-state index contributed by atoms with van der Waals surface area (Å²) in [5.41, 5.74) is 0.559. The third kappa shape index (κ3) is 4.85. The minimum atomic E-state index is -0.0812. The van der Waals surface area contributed by atoms with Crippen molar-refractivity contribution in [3.8, 4) is 5.75 Å². The number of rotatable bonds is 8. The van der Waals surface area contributed by atoms with Gasteiger partial charge in [-0.05, 0) is 26.0 Å². The fourth-order valence-corrected chi connectivity index (χ4v) is 1.44. The van der Waals surface area contributed by atoms with E-state index < -0.39 is 0 Å².